The van der Waals surface area contributed by atoms with E-state index in [0.717, 1.165) is 5.56 Å². The molecule has 0 saturated carbocycles. The van der Waals surface area contributed by atoms with E-state index in [2.05, 4.69) is 0 Å². The van der Waals surface area contributed by atoms with E-state index in [-0.39, 0.29) is 16.7 Å². The van der Waals surface area contributed by atoms with Crippen molar-refractivity contribution in [2.75, 3.05) is 34.9 Å². The lowest BCUT2D eigenvalue weighted by molar-refractivity contribution is -0.479. The van der Waals surface area contributed by atoms with Crippen molar-refractivity contribution >= 4 is 28.3 Å². The number of thioether (sulfide) groups is 1. The highest BCUT2D eigenvalue weighted by atomic mass is 32.2. The molecule has 6 nitrogen and oxygen atoms in total. The Kier molecular flexibility index (Phi) is 6.70. The average Bonchev–Trinajstić information content (AvgIpc) is 2.45. The number of rotatable bonds is 6. The molecule has 1 atom stereocenters. The molecule has 1 unspecified atom stereocenters. The molecule has 21 heavy (non-hydrogen) atoms. The molecule has 8 heteroatoms. The van der Waals surface area contributed by atoms with Gasteiger partial charge < -0.3 is 14.4 Å². The van der Waals surface area contributed by atoms with Crippen molar-refractivity contribution < 1.29 is 14.4 Å². The molecule has 0 bridgehead atoms. The van der Waals surface area contributed by atoms with Gasteiger partial charge in [0.1, 0.15) is 9.57 Å². The van der Waals surface area contributed by atoms with Gasteiger partial charge in [-0.15, -0.1) is 0 Å². The van der Waals surface area contributed by atoms with Crippen LogP contribution in [-0.4, -0.2) is 49.0 Å². The van der Waals surface area contributed by atoms with Gasteiger partial charge in [0.2, 0.25) is 6.54 Å². The van der Waals surface area contributed by atoms with E-state index in [1.165, 1.54) is 18.9 Å². The third-order valence-corrected chi connectivity index (χ3v) is 4.63. The number of hydrogen-bond donors (Lipinski definition) is 0. The van der Waals surface area contributed by atoms with Crippen LogP contribution in [-0.2, 0) is 0 Å². The maximum atomic E-state index is 10.9. The predicted molar refractivity (Wildman–Crippen MR) is 88.0 cm³/mol. The van der Waals surface area contributed by atoms with Crippen molar-refractivity contribution in [3.63, 3.8) is 0 Å². The first-order valence-electron chi connectivity index (χ1n) is 6.10. The minimum absolute atomic E-state index is 0.214. The summed E-state index contributed by atoms with van der Waals surface area (Å²) < 4.78 is 11.0. The van der Waals surface area contributed by atoms with Crippen LogP contribution in [0.1, 0.15) is 10.8 Å². The third kappa shape index (κ3) is 5.05. The Hall–Kier alpha value is -1.54. The number of nitro groups is 1. The summed E-state index contributed by atoms with van der Waals surface area (Å²) in [6, 6.07) is 5.28. The molecule has 0 heterocycles. The van der Waals surface area contributed by atoms with Gasteiger partial charge in [0.25, 0.3) is 0 Å². The second-order valence-corrected chi connectivity index (χ2v) is 6.23. The Bertz CT molecular complexity index is 523. The fourth-order valence-corrected chi connectivity index (χ4v) is 2.91. The standard InChI is InChI=1S/C13H18N2O4S2/c1-14(2)13(20)21-12(8-15(16)17)9-5-6-10(18-3)11(7-9)19-4/h5-7,12H,8H2,1-4H3. The third-order valence-electron chi connectivity index (χ3n) is 2.70. The quantitative estimate of drug-likeness (QED) is 0.451. The number of methoxy groups -OCH3 is 2. The second-order valence-electron chi connectivity index (χ2n) is 4.40. The molecule has 0 aliphatic heterocycles. The summed E-state index contributed by atoms with van der Waals surface area (Å²) >= 11 is 6.51. The van der Waals surface area contributed by atoms with Crippen molar-refractivity contribution in [1.29, 1.82) is 0 Å². The molecule has 0 N–H and O–H groups in total. The SMILES string of the molecule is COc1ccc(C(C[N+](=O)[O-])SC(=S)N(C)C)cc1OC. The maximum Gasteiger partial charge on any atom is 0.220 e. The molecule has 0 aliphatic rings. The van der Waals surface area contributed by atoms with Crippen molar-refractivity contribution in [2.45, 2.75) is 5.25 Å². The lowest BCUT2D eigenvalue weighted by Crippen LogP contribution is -2.20. The molecule has 1 aromatic carbocycles. The smallest absolute Gasteiger partial charge is 0.220 e. The Morgan fingerprint density at radius 1 is 1.38 bits per heavy atom. The molecule has 0 aliphatic carbocycles. The van der Waals surface area contributed by atoms with Crippen LogP contribution in [0.4, 0.5) is 0 Å². The van der Waals surface area contributed by atoms with Gasteiger partial charge in [0, 0.05) is 19.0 Å². The first kappa shape index (κ1) is 17.5. The highest BCUT2D eigenvalue weighted by molar-refractivity contribution is 8.23. The Morgan fingerprint density at radius 2 is 2.00 bits per heavy atom. The van der Waals surface area contributed by atoms with E-state index in [9.17, 15) is 10.1 Å². The van der Waals surface area contributed by atoms with Crippen LogP contribution >= 0.6 is 24.0 Å². The molecule has 116 valence electrons. The normalized spacial score (nSPS) is 11.6. The summed E-state index contributed by atoms with van der Waals surface area (Å²) in [5.74, 6) is 1.13. The van der Waals surface area contributed by atoms with Crippen LogP contribution in [0.25, 0.3) is 0 Å². The van der Waals surface area contributed by atoms with E-state index in [0.29, 0.717) is 15.8 Å². The molecule has 0 saturated heterocycles. The monoisotopic (exact) mass is 330 g/mol. The summed E-state index contributed by atoms with van der Waals surface area (Å²) in [5.41, 5.74) is 0.776. The Labute approximate surface area is 133 Å². The second kappa shape index (κ2) is 8.04. The molecular weight excluding hydrogens is 312 g/mol. The van der Waals surface area contributed by atoms with E-state index >= 15 is 0 Å². The molecule has 0 radical (unpaired) electrons. The van der Waals surface area contributed by atoms with Gasteiger partial charge in [-0.05, 0) is 17.7 Å². The zero-order chi connectivity index (χ0) is 16.0. The van der Waals surface area contributed by atoms with Gasteiger partial charge in [0.05, 0.1) is 14.2 Å². The molecule has 1 aromatic rings. The number of hydrogen-bond acceptors (Lipinski definition) is 6. The fourth-order valence-electron chi connectivity index (χ4n) is 1.63. The van der Waals surface area contributed by atoms with Gasteiger partial charge in [0.15, 0.2) is 11.5 Å². The minimum Gasteiger partial charge on any atom is -0.493 e. The number of ether oxygens (including phenoxy) is 2. The first-order valence-corrected chi connectivity index (χ1v) is 7.39. The van der Waals surface area contributed by atoms with Gasteiger partial charge in [-0.3, -0.25) is 10.1 Å². The maximum absolute atomic E-state index is 10.9. The highest BCUT2D eigenvalue weighted by Crippen LogP contribution is 2.36. The zero-order valence-corrected chi connectivity index (χ0v) is 14.0. The number of benzene rings is 1. The van der Waals surface area contributed by atoms with Gasteiger partial charge >= 0.3 is 0 Å². The van der Waals surface area contributed by atoms with Gasteiger partial charge in [-0.2, -0.15) is 0 Å². The van der Waals surface area contributed by atoms with Crippen LogP contribution in [0.2, 0.25) is 0 Å². The topological polar surface area (TPSA) is 64.8 Å². The minimum atomic E-state index is -0.380. The van der Waals surface area contributed by atoms with E-state index in [4.69, 9.17) is 21.7 Å². The van der Waals surface area contributed by atoms with Crippen LogP contribution in [0.15, 0.2) is 18.2 Å². The van der Waals surface area contributed by atoms with E-state index in [1.54, 1.807) is 30.2 Å². The first-order chi connectivity index (χ1) is 9.88. The summed E-state index contributed by atoms with van der Waals surface area (Å²) in [5, 5.41) is 10.5. The van der Waals surface area contributed by atoms with Crippen LogP contribution in [0, 0.1) is 10.1 Å². The van der Waals surface area contributed by atoms with E-state index in [1.807, 2.05) is 14.1 Å². The summed E-state index contributed by atoms with van der Waals surface area (Å²) in [4.78, 5) is 12.3. The summed E-state index contributed by atoms with van der Waals surface area (Å²) in [6.45, 7) is -0.214. The van der Waals surface area contributed by atoms with Crippen molar-refractivity contribution in [3.05, 3.63) is 33.9 Å². The molecule has 0 aromatic heterocycles. The summed E-state index contributed by atoms with van der Waals surface area (Å²) in [7, 11) is 6.70. The molecular formula is C13H18N2O4S2. The van der Waals surface area contributed by atoms with Crippen LogP contribution in [0.3, 0.4) is 0 Å². The molecule has 0 fully saturated rings. The molecule has 1 rings (SSSR count). The largest absolute Gasteiger partial charge is 0.493 e. The zero-order valence-electron chi connectivity index (χ0n) is 12.4. The lowest BCUT2D eigenvalue weighted by atomic mass is 10.1. The molecule has 0 amide bonds. The van der Waals surface area contributed by atoms with Crippen molar-refractivity contribution in [3.8, 4) is 11.5 Å². The Balaban J connectivity index is 3.07. The van der Waals surface area contributed by atoms with Gasteiger partial charge in [-0.25, -0.2) is 0 Å². The number of thiocarbonyl (C=S) groups is 1. The van der Waals surface area contributed by atoms with Crippen LogP contribution < -0.4 is 9.47 Å². The average molecular weight is 330 g/mol. The predicted octanol–water partition coefficient (Wildman–Crippen LogP) is 2.60. The fraction of sp³-hybridized carbons (Fsp3) is 0.462. The Morgan fingerprint density at radius 3 is 2.48 bits per heavy atom. The van der Waals surface area contributed by atoms with Crippen molar-refractivity contribution in [1.82, 2.24) is 4.90 Å². The summed E-state index contributed by atoms with van der Waals surface area (Å²) in [6.07, 6.45) is 0. The number of nitrogens with zero attached hydrogens (tertiary/aromatic N) is 2. The highest BCUT2D eigenvalue weighted by Gasteiger charge is 2.22. The van der Waals surface area contributed by atoms with Crippen molar-refractivity contribution in [2.24, 2.45) is 0 Å². The molecule has 0 spiro atoms. The van der Waals surface area contributed by atoms with Gasteiger partial charge in [-0.1, -0.05) is 30.0 Å². The lowest BCUT2D eigenvalue weighted by Gasteiger charge is -2.19. The van der Waals surface area contributed by atoms with E-state index < -0.39 is 0 Å². The van der Waals surface area contributed by atoms with Crippen LogP contribution in [0.5, 0.6) is 11.5 Å².